The van der Waals surface area contributed by atoms with Gasteiger partial charge in [0.25, 0.3) is 0 Å². The van der Waals surface area contributed by atoms with Crippen LogP contribution in [0.2, 0.25) is 0 Å². The molecule has 134 valence electrons. The highest BCUT2D eigenvalue weighted by molar-refractivity contribution is 9.10. The van der Waals surface area contributed by atoms with E-state index in [1.807, 2.05) is 45.0 Å². The summed E-state index contributed by atoms with van der Waals surface area (Å²) in [6.45, 7) is 10.6. The predicted molar refractivity (Wildman–Crippen MR) is 98.5 cm³/mol. The number of amides is 1. The minimum absolute atomic E-state index is 0.208. The van der Waals surface area contributed by atoms with Crippen molar-refractivity contribution in [1.29, 1.82) is 0 Å². The second-order valence-electron chi connectivity index (χ2n) is 6.97. The van der Waals surface area contributed by atoms with Crippen molar-refractivity contribution in [2.45, 2.75) is 32.8 Å². The molecule has 0 bridgehead atoms. The molecule has 1 saturated heterocycles. The van der Waals surface area contributed by atoms with Gasteiger partial charge in [-0.25, -0.2) is 4.79 Å². The zero-order valence-electron chi connectivity index (χ0n) is 14.8. The summed E-state index contributed by atoms with van der Waals surface area (Å²) in [7, 11) is 0. The summed E-state index contributed by atoms with van der Waals surface area (Å²) in [6.07, 6.45) is 0.763. The first-order valence-corrected chi connectivity index (χ1v) is 9.21. The van der Waals surface area contributed by atoms with E-state index < -0.39 is 5.60 Å². The van der Waals surface area contributed by atoms with Gasteiger partial charge >= 0.3 is 6.09 Å². The molecule has 0 radical (unpaired) electrons. The Morgan fingerprint density at radius 1 is 1.21 bits per heavy atom. The average Bonchev–Trinajstić information content (AvgIpc) is 2.50. The molecule has 1 heterocycles. The molecular weight excluding hydrogens is 372 g/mol. The molecule has 1 aromatic rings. The number of hydrogen-bond donors (Lipinski definition) is 0. The molecule has 6 heteroatoms. The zero-order chi connectivity index (χ0) is 17.6. The third-order valence-corrected chi connectivity index (χ3v) is 4.20. The quantitative estimate of drug-likeness (QED) is 0.707. The van der Waals surface area contributed by atoms with Gasteiger partial charge in [0.2, 0.25) is 0 Å². The molecule has 0 aromatic heterocycles. The van der Waals surface area contributed by atoms with Gasteiger partial charge in [-0.15, -0.1) is 0 Å². The maximum Gasteiger partial charge on any atom is 0.410 e. The van der Waals surface area contributed by atoms with Crippen LogP contribution in [0.15, 0.2) is 28.7 Å². The Balaban J connectivity index is 1.62. The Morgan fingerprint density at radius 3 is 2.54 bits per heavy atom. The van der Waals surface area contributed by atoms with Gasteiger partial charge in [0.05, 0.1) is 6.61 Å². The zero-order valence-corrected chi connectivity index (χ0v) is 16.3. The van der Waals surface area contributed by atoms with Crippen LogP contribution in [0.1, 0.15) is 27.2 Å². The largest absolute Gasteiger partial charge is 0.494 e. The summed E-state index contributed by atoms with van der Waals surface area (Å²) in [5, 5.41) is 0. The maximum absolute atomic E-state index is 12.0. The molecule has 0 saturated carbocycles. The number of nitrogens with zero attached hydrogens (tertiary/aromatic N) is 2. The van der Waals surface area contributed by atoms with E-state index in [0.717, 1.165) is 49.4 Å². The number of halogens is 1. The number of benzene rings is 1. The summed E-state index contributed by atoms with van der Waals surface area (Å²) in [5.74, 6) is 0.888. The molecule has 0 unspecified atom stereocenters. The van der Waals surface area contributed by atoms with Gasteiger partial charge < -0.3 is 14.4 Å². The van der Waals surface area contributed by atoms with E-state index in [4.69, 9.17) is 9.47 Å². The van der Waals surface area contributed by atoms with Gasteiger partial charge in [0, 0.05) is 37.2 Å². The second kappa shape index (κ2) is 8.72. The third-order valence-electron chi connectivity index (χ3n) is 3.71. The fraction of sp³-hybridized carbons (Fsp3) is 0.611. The number of rotatable bonds is 5. The standard InChI is InChI=1S/C18H27BrN2O3/c1-18(2,3)24-17(22)21-11-9-20(10-12-21)8-5-13-23-16-7-4-6-15(19)14-16/h4,6-7,14H,5,8-13H2,1-3H3. The normalized spacial score (nSPS) is 16.1. The molecule has 24 heavy (non-hydrogen) atoms. The van der Waals surface area contributed by atoms with Crippen LogP contribution in [0.4, 0.5) is 4.79 Å². The van der Waals surface area contributed by atoms with Gasteiger partial charge in [-0.2, -0.15) is 0 Å². The highest BCUT2D eigenvalue weighted by Gasteiger charge is 2.25. The average molecular weight is 399 g/mol. The lowest BCUT2D eigenvalue weighted by Crippen LogP contribution is -2.50. The van der Waals surface area contributed by atoms with Crippen molar-refractivity contribution in [3.8, 4) is 5.75 Å². The molecule has 1 aliphatic rings. The van der Waals surface area contributed by atoms with Gasteiger partial charge in [0.1, 0.15) is 11.4 Å². The first kappa shape index (κ1) is 19.1. The molecule has 1 amide bonds. The van der Waals surface area contributed by atoms with Crippen LogP contribution in [0, 0.1) is 0 Å². The van der Waals surface area contributed by atoms with Crippen molar-refractivity contribution in [3.05, 3.63) is 28.7 Å². The maximum atomic E-state index is 12.0. The number of hydrogen-bond acceptors (Lipinski definition) is 4. The Morgan fingerprint density at radius 2 is 1.92 bits per heavy atom. The van der Waals surface area contributed by atoms with E-state index in [9.17, 15) is 4.79 Å². The lowest BCUT2D eigenvalue weighted by atomic mass is 10.2. The van der Waals surface area contributed by atoms with Gasteiger partial charge in [-0.1, -0.05) is 22.0 Å². The summed E-state index contributed by atoms with van der Waals surface area (Å²) >= 11 is 3.44. The summed E-state index contributed by atoms with van der Waals surface area (Å²) in [6, 6.07) is 7.89. The van der Waals surface area contributed by atoms with Crippen LogP contribution in [-0.4, -0.2) is 60.8 Å². The highest BCUT2D eigenvalue weighted by atomic mass is 79.9. The topological polar surface area (TPSA) is 42.0 Å². The molecule has 1 fully saturated rings. The minimum Gasteiger partial charge on any atom is -0.494 e. The van der Waals surface area contributed by atoms with Crippen LogP contribution >= 0.6 is 15.9 Å². The van der Waals surface area contributed by atoms with Gasteiger partial charge in [-0.05, 0) is 45.4 Å². The van der Waals surface area contributed by atoms with E-state index in [-0.39, 0.29) is 6.09 Å². The predicted octanol–water partition coefficient (Wildman–Crippen LogP) is 3.77. The smallest absolute Gasteiger partial charge is 0.410 e. The first-order chi connectivity index (χ1) is 11.3. The van der Waals surface area contributed by atoms with Crippen molar-refractivity contribution in [2.24, 2.45) is 0 Å². The minimum atomic E-state index is -0.433. The fourth-order valence-electron chi connectivity index (χ4n) is 2.52. The van der Waals surface area contributed by atoms with Crippen LogP contribution in [0.25, 0.3) is 0 Å². The summed E-state index contributed by atoms with van der Waals surface area (Å²) in [5.41, 5.74) is -0.433. The van der Waals surface area contributed by atoms with E-state index >= 15 is 0 Å². The monoisotopic (exact) mass is 398 g/mol. The second-order valence-corrected chi connectivity index (χ2v) is 7.88. The summed E-state index contributed by atoms with van der Waals surface area (Å²) in [4.78, 5) is 16.2. The van der Waals surface area contributed by atoms with Crippen molar-refractivity contribution in [2.75, 3.05) is 39.3 Å². The molecular formula is C18H27BrN2O3. The molecule has 0 N–H and O–H groups in total. The van der Waals surface area contributed by atoms with Crippen LogP contribution in [-0.2, 0) is 4.74 Å². The van der Waals surface area contributed by atoms with Crippen LogP contribution in [0.3, 0.4) is 0 Å². The lowest BCUT2D eigenvalue weighted by molar-refractivity contribution is 0.0142. The molecule has 2 rings (SSSR count). The molecule has 1 aliphatic heterocycles. The molecule has 1 aromatic carbocycles. The van der Waals surface area contributed by atoms with Crippen molar-refractivity contribution in [1.82, 2.24) is 9.80 Å². The van der Waals surface area contributed by atoms with E-state index in [0.29, 0.717) is 6.61 Å². The summed E-state index contributed by atoms with van der Waals surface area (Å²) < 4.78 is 12.2. The van der Waals surface area contributed by atoms with Crippen molar-refractivity contribution >= 4 is 22.0 Å². The lowest BCUT2D eigenvalue weighted by Gasteiger charge is -2.35. The molecule has 0 atom stereocenters. The fourth-order valence-corrected chi connectivity index (χ4v) is 2.89. The van der Waals surface area contributed by atoms with Crippen molar-refractivity contribution < 1.29 is 14.3 Å². The van der Waals surface area contributed by atoms with Gasteiger partial charge in [0.15, 0.2) is 0 Å². The number of carbonyl (C=O) groups is 1. The van der Waals surface area contributed by atoms with Crippen LogP contribution in [0.5, 0.6) is 5.75 Å². The molecule has 0 aliphatic carbocycles. The molecule has 0 spiro atoms. The van der Waals surface area contributed by atoms with E-state index in [1.165, 1.54) is 0 Å². The van der Waals surface area contributed by atoms with Crippen molar-refractivity contribution in [3.63, 3.8) is 0 Å². The first-order valence-electron chi connectivity index (χ1n) is 8.42. The van der Waals surface area contributed by atoms with Crippen LogP contribution < -0.4 is 4.74 Å². The molecule has 5 nitrogen and oxygen atoms in total. The Labute approximate surface area is 153 Å². The number of carbonyl (C=O) groups excluding carboxylic acids is 1. The number of piperazine rings is 1. The van der Waals surface area contributed by atoms with E-state index in [2.05, 4.69) is 20.8 Å². The number of ether oxygens (including phenoxy) is 2. The Kier molecular flexibility index (Phi) is 6.92. The third kappa shape index (κ3) is 6.69. The van der Waals surface area contributed by atoms with E-state index in [1.54, 1.807) is 4.90 Å². The SMILES string of the molecule is CC(C)(C)OC(=O)N1CCN(CCCOc2cccc(Br)c2)CC1. The Bertz CT molecular complexity index is 537. The highest BCUT2D eigenvalue weighted by Crippen LogP contribution is 2.18. The Hall–Kier alpha value is -1.27. The van der Waals surface area contributed by atoms with Gasteiger partial charge in [-0.3, -0.25) is 4.90 Å².